The fourth-order valence-electron chi connectivity index (χ4n) is 3.48. The van der Waals surface area contributed by atoms with Crippen molar-refractivity contribution in [2.45, 2.75) is 50.5 Å². The zero-order valence-corrected chi connectivity index (χ0v) is 14.9. The van der Waals surface area contributed by atoms with Crippen molar-refractivity contribution in [3.63, 3.8) is 0 Å². The van der Waals surface area contributed by atoms with Crippen LogP contribution in [0, 0.1) is 0 Å². The summed E-state index contributed by atoms with van der Waals surface area (Å²) in [5.41, 5.74) is 1.08. The van der Waals surface area contributed by atoms with Gasteiger partial charge in [-0.3, -0.25) is 4.79 Å². The molecule has 6 nitrogen and oxygen atoms in total. The van der Waals surface area contributed by atoms with Gasteiger partial charge in [0.2, 0.25) is 5.91 Å². The molecule has 6 heteroatoms. The van der Waals surface area contributed by atoms with Gasteiger partial charge in [0.15, 0.2) is 0 Å². The number of nitrogens with zero attached hydrogens (tertiary/aromatic N) is 1. The Balaban J connectivity index is 1.55. The number of likely N-dealkylation sites (tertiary alicyclic amines) is 1. The summed E-state index contributed by atoms with van der Waals surface area (Å²) >= 11 is 0. The Morgan fingerprint density at radius 1 is 0.880 bits per heavy atom. The molecule has 3 N–H and O–H groups in total. The number of anilines is 2. The monoisotopic (exact) mass is 344 g/mol. The van der Waals surface area contributed by atoms with Crippen LogP contribution in [0.25, 0.3) is 0 Å². The predicted molar refractivity (Wildman–Crippen MR) is 99.8 cm³/mol. The minimum Gasteiger partial charge on any atom is -0.325 e. The van der Waals surface area contributed by atoms with Gasteiger partial charge >= 0.3 is 6.03 Å². The fourth-order valence-corrected chi connectivity index (χ4v) is 3.48. The van der Waals surface area contributed by atoms with E-state index in [0.29, 0.717) is 0 Å². The molecular weight excluding hydrogens is 316 g/mol. The average Bonchev–Trinajstić information content (AvgIpc) is 2.85. The van der Waals surface area contributed by atoms with E-state index in [2.05, 4.69) is 16.0 Å². The van der Waals surface area contributed by atoms with Crippen molar-refractivity contribution in [3.8, 4) is 0 Å². The largest absolute Gasteiger partial charge is 0.325 e. The van der Waals surface area contributed by atoms with E-state index in [1.165, 1.54) is 12.8 Å². The van der Waals surface area contributed by atoms with Crippen molar-refractivity contribution in [2.24, 2.45) is 0 Å². The smallest absolute Gasteiger partial charge is 0.321 e. The number of hydrogen-bond donors (Lipinski definition) is 3. The van der Waals surface area contributed by atoms with Gasteiger partial charge in [-0.05, 0) is 63.4 Å². The van der Waals surface area contributed by atoms with Gasteiger partial charge in [-0.2, -0.15) is 0 Å². The highest BCUT2D eigenvalue weighted by Crippen LogP contribution is 2.32. The molecule has 1 heterocycles. The summed E-state index contributed by atoms with van der Waals surface area (Å²) in [5.74, 6) is 0.0163. The number of benzene rings is 1. The fraction of sp³-hybridized carbons (Fsp3) is 0.579. The number of urea groups is 1. The molecule has 0 unspecified atom stereocenters. The quantitative estimate of drug-likeness (QED) is 0.785. The molecule has 1 saturated heterocycles. The lowest BCUT2D eigenvalue weighted by Crippen LogP contribution is -2.58. The maximum atomic E-state index is 12.4. The summed E-state index contributed by atoms with van der Waals surface area (Å²) in [6, 6.07) is 7.29. The standard InChI is InChI=1S/C19H28N4O2/c1-20-19(11-6-12-19)17(24)21-15-7-9-16(10-8-15)22-18(25)23-13-4-2-3-5-14-23/h7-10,20H,2-6,11-14H2,1H3,(H,21,24)(H,22,25). The van der Waals surface area contributed by atoms with Crippen molar-refractivity contribution in [1.82, 2.24) is 10.2 Å². The molecular formula is C19H28N4O2. The topological polar surface area (TPSA) is 73.5 Å². The highest BCUT2D eigenvalue weighted by molar-refractivity contribution is 5.99. The third-order valence-corrected chi connectivity index (χ3v) is 5.41. The minimum atomic E-state index is -0.417. The average molecular weight is 344 g/mol. The van der Waals surface area contributed by atoms with E-state index in [-0.39, 0.29) is 11.9 Å². The Morgan fingerprint density at radius 3 is 1.92 bits per heavy atom. The molecule has 2 aliphatic rings. The first-order chi connectivity index (χ1) is 12.1. The van der Waals surface area contributed by atoms with Crippen LogP contribution in [0.4, 0.5) is 16.2 Å². The second-order valence-corrected chi connectivity index (χ2v) is 7.05. The first-order valence-corrected chi connectivity index (χ1v) is 9.29. The Hall–Kier alpha value is -2.08. The van der Waals surface area contributed by atoms with Crippen molar-refractivity contribution in [1.29, 1.82) is 0 Å². The maximum Gasteiger partial charge on any atom is 0.321 e. The van der Waals surface area contributed by atoms with E-state index in [4.69, 9.17) is 0 Å². The van der Waals surface area contributed by atoms with Crippen LogP contribution in [-0.4, -0.2) is 42.5 Å². The Labute approximate surface area is 149 Å². The van der Waals surface area contributed by atoms with Crippen LogP contribution in [0.3, 0.4) is 0 Å². The second-order valence-electron chi connectivity index (χ2n) is 7.05. The van der Waals surface area contributed by atoms with E-state index in [0.717, 1.165) is 56.6 Å². The van der Waals surface area contributed by atoms with Crippen LogP contribution in [0.2, 0.25) is 0 Å². The molecule has 0 spiro atoms. The normalized spacial score (nSPS) is 19.5. The second kappa shape index (κ2) is 7.87. The molecule has 0 bridgehead atoms. The lowest BCUT2D eigenvalue weighted by molar-refractivity contribution is -0.125. The van der Waals surface area contributed by atoms with E-state index in [1.807, 2.05) is 36.2 Å². The van der Waals surface area contributed by atoms with Crippen LogP contribution in [0.5, 0.6) is 0 Å². The molecule has 3 rings (SSSR count). The zero-order chi connectivity index (χ0) is 17.7. The highest BCUT2D eigenvalue weighted by Gasteiger charge is 2.42. The molecule has 0 aromatic heterocycles. The van der Waals surface area contributed by atoms with Crippen molar-refractivity contribution in [2.75, 3.05) is 30.8 Å². The predicted octanol–water partition coefficient (Wildman–Crippen LogP) is 3.18. The maximum absolute atomic E-state index is 12.4. The zero-order valence-electron chi connectivity index (χ0n) is 14.9. The van der Waals surface area contributed by atoms with E-state index in [9.17, 15) is 9.59 Å². The van der Waals surface area contributed by atoms with Gasteiger partial charge in [0.25, 0.3) is 0 Å². The van der Waals surface area contributed by atoms with Crippen LogP contribution >= 0.6 is 0 Å². The first kappa shape index (κ1) is 17.7. The first-order valence-electron chi connectivity index (χ1n) is 9.29. The lowest BCUT2D eigenvalue weighted by Gasteiger charge is -2.39. The molecule has 1 aromatic carbocycles. The molecule has 2 fully saturated rings. The summed E-state index contributed by atoms with van der Waals surface area (Å²) in [4.78, 5) is 26.6. The van der Waals surface area contributed by atoms with Crippen molar-refractivity contribution in [3.05, 3.63) is 24.3 Å². The third kappa shape index (κ3) is 4.12. The van der Waals surface area contributed by atoms with E-state index >= 15 is 0 Å². The molecule has 3 amide bonds. The minimum absolute atomic E-state index is 0.0163. The molecule has 1 aliphatic carbocycles. The summed E-state index contributed by atoms with van der Waals surface area (Å²) in [5, 5.41) is 9.05. The highest BCUT2D eigenvalue weighted by atomic mass is 16.2. The number of rotatable bonds is 4. The number of likely N-dealkylation sites (N-methyl/N-ethyl adjacent to an activating group) is 1. The Kier molecular flexibility index (Phi) is 5.58. The van der Waals surface area contributed by atoms with Crippen LogP contribution in [0.15, 0.2) is 24.3 Å². The number of nitrogens with one attached hydrogen (secondary N) is 3. The third-order valence-electron chi connectivity index (χ3n) is 5.41. The van der Waals surface area contributed by atoms with E-state index < -0.39 is 5.54 Å². The molecule has 0 radical (unpaired) electrons. The summed E-state index contributed by atoms with van der Waals surface area (Å²) < 4.78 is 0. The van der Waals surface area contributed by atoms with Crippen molar-refractivity contribution >= 4 is 23.3 Å². The SMILES string of the molecule is CNC1(C(=O)Nc2ccc(NC(=O)N3CCCCCC3)cc2)CCC1. The molecule has 1 saturated carbocycles. The molecule has 0 atom stereocenters. The lowest BCUT2D eigenvalue weighted by atomic mass is 9.76. The number of carbonyl (C=O) groups is 2. The Bertz CT molecular complexity index is 597. The van der Waals surface area contributed by atoms with Gasteiger partial charge in [-0.1, -0.05) is 12.8 Å². The number of amides is 3. The number of hydrogen-bond acceptors (Lipinski definition) is 3. The number of carbonyl (C=O) groups excluding carboxylic acids is 2. The van der Waals surface area contributed by atoms with Crippen LogP contribution < -0.4 is 16.0 Å². The molecule has 136 valence electrons. The van der Waals surface area contributed by atoms with E-state index in [1.54, 1.807) is 0 Å². The Morgan fingerprint density at radius 2 is 1.44 bits per heavy atom. The van der Waals surface area contributed by atoms with Gasteiger partial charge < -0.3 is 20.9 Å². The van der Waals surface area contributed by atoms with Gasteiger partial charge in [0.05, 0.1) is 5.54 Å². The van der Waals surface area contributed by atoms with Gasteiger partial charge in [-0.25, -0.2) is 4.79 Å². The molecule has 25 heavy (non-hydrogen) atoms. The summed E-state index contributed by atoms with van der Waals surface area (Å²) in [6.45, 7) is 1.65. The molecule has 1 aliphatic heterocycles. The van der Waals surface area contributed by atoms with Gasteiger partial charge in [-0.15, -0.1) is 0 Å². The molecule has 1 aromatic rings. The van der Waals surface area contributed by atoms with Crippen LogP contribution in [-0.2, 0) is 4.79 Å². The summed E-state index contributed by atoms with van der Waals surface area (Å²) in [6.07, 6.45) is 7.38. The van der Waals surface area contributed by atoms with Crippen molar-refractivity contribution < 1.29 is 9.59 Å². The summed E-state index contributed by atoms with van der Waals surface area (Å²) in [7, 11) is 1.83. The van der Waals surface area contributed by atoms with Gasteiger partial charge in [0.1, 0.15) is 0 Å². The van der Waals surface area contributed by atoms with Crippen LogP contribution in [0.1, 0.15) is 44.9 Å². The van der Waals surface area contributed by atoms with Gasteiger partial charge in [0, 0.05) is 24.5 Å².